The van der Waals surface area contributed by atoms with Gasteiger partial charge in [-0.2, -0.15) is 0 Å². The fourth-order valence-electron chi connectivity index (χ4n) is 4.27. The highest BCUT2D eigenvalue weighted by Crippen LogP contribution is 2.57. The van der Waals surface area contributed by atoms with E-state index in [1.807, 2.05) is 25.1 Å². The number of rotatable bonds is 2. The van der Waals surface area contributed by atoms with Gasteiger partial charge in [0, 0.05) is 17.4 Å². The van der Waals surface area contributed by atoms with Gasteiger partial charge in [-0.25, -0.2) is 0 Å². The summed E-state index contributed by atoms with van der Waals surface area (Å²) in [6.45, 7) is 3.92. The van der Waals surface area contributed by atoms with Crippen molar-refractivity contribution in [2.75, 3.05) is 13.9 Å². The summed E-state index contributed by atoms with van der Waals surface area (Å²) in [4.78, 5) is 25.3. The lowest BCUT2D eigenvalue weighted by molar-refractivity contribution is -0.145. The van der Waals surface area contributed by atoms with Crippen LogP contribution in [-0.2, 0) is 14.3 Å². The zero-order valence-corrected chi connectivity index (χ0v) is 13.3. The van der Waals surface area contributed by atoms with Crippen molar-refractivity contribution in [3.05, 3.63) is 35.1 Å². The first-order valence-corrected chi connectivity index (χ1v) is 7.77. The molecule has 0 radical (unpaired) electrons. The first-order valence-electron chi connectivity index (χ1n) is 7.77. The van der Waals surface area contributed by atoms with Crippen LogP contribution in [0.3, 0.4) is 0 Å². The number of allylic oxidation sites excluding steroid dienone is 2. The molecule has 0 spiro atoms. The number of benzene rings is 1. The van der Waals surface area contributed by atoms with Crippen molar-refractivity contribution >= 4 is 11.6 Å². The largest absolute Gasteiger partial charge is 0.493 e. The van der Waals surface area contributed by atoms with Gasteiger partial charge in [0.05, 0.1) is 7.11 Å². The molecular formula is C18H18O5. The summed E-state index contributed by atoms with van der Waals surface area (Å²) < 4.78 is 15.9. The number of hydrogen-bond acceptors (Lipinski definition) is 5. The van der Waals surface area contributed by atoms with Gasteiger partial charge in [0.25, 0.3) is 0 Å². The van der Waals surface area contributed by atoms with E-state index in [1.54, 1.807) is 6.92 Å². The van der Waals surface area contributed by atoms with Gasteiger partial charge in [0.15, 0.2) is 23.0 Å². The Morgan fingerprint density at radius 1 is 1.04 bits per heavy atom. The van der Waals surface area contributed by atoms with Gasteiger partial charge >= 0.3 is 0 Å². The van der Waals surface area contributed by atoms with E-state index in [0.29, 0.717) is 11.3 Å². The molecule has 1 saturated carbocycles. The molecule has 120 valence electrons. The molecule has 0 aromatic heterocycles. The van der Waals surface area contributed by atoms with E-state index in [2.05, 4.69) is 0 Å². The Morgan fingerprint density at radius 3 is 2.52 bits per heavy atom. The lowest BCUT2D eigenvalue weighted by Gasteiger charge is -2.51. The summed E-state index contributed by atoms with van der Waals surface area (Å²) >= 11 is 0. The smallest absolute Gasteiger partial charge is 0.231 e. The van der Waals surface area contributed by atoms with Crippen LogP contribution in [0.15, 0.2) is 29.5 Å². The van der Waals surface area contributed by atoms with Crippen molar-refractivity contribution in [3.8, 4) is 11.5 Å². The van der Waals surface area contributed by atoms with Gasteiger partial charge in [0.2, 0.25) is 12.6 Å². The fraction of sp³-hybridized carbons (Fsp3) is 0.444. The Bertz CT molecular complexity index is 748. The second-order valence-corrected chi connectivity index (χ2v) is 6.44. The van der Waals surface area contributed by atoms with E-state index in [9.17, 15) is 9.59 Å². The highest BCUT2D eigenvalue weighted by atomic mass is 16.7. The maximum absolute atomic E-state index is 12.7. The average Bonchev–Trinajstić information content (AvgIpc) is 2.99. The molecule has 1 aromatic rings. The molecule has 0 N–H and O–H groups in total. The molecule has 1 aliphatic heterocycles. The Labute approximate surface area is 134 Å². The summed E-state index contributed by atoms with van der Waals surface area (Å²) in [5.41, 5.74) is 1.47. The number of ketones is 2. The predicted octanol–water partition coefficient (Wildman–Crippen LogP) is 2.45. The van der Waals surface area contributed by atoms with Crippen LogP contribution in [-0.4, -0.2) is 25.5 Å². The number of hydrogen-bond donors (Lipinski definition) is 0. The molecule has 3 aliphatic rings. The van der Waals surface area contributed by atoms with Crippen molar-refractivity contribution < 1.29 is 23.8 Å². The van der Waals surface area contributed by atoms with Crippen LogP contribution in [0.4, 0.5) is 0 Å². The van der Waals surface area contributed by atoms with E-state index in [-0.39, 0.29) is 47.8 Å². The summed E-state index contributed by atoms with van der Waals surface area (Å²) in [6.07, 6.45) is 0. The molecule has 0 bridgehead atoms. The van der Waals surface area contributed by atoms with Crippen LogP contribution in [0.1, 0.15) is 25.3 Å². The summed E-state index contributed by atoms with van der Waals surface area (Å²) in [6, 6.07) is 5.77. The minimum atomic E-state index is -0.295. The lowest BCUT2D eigenvalue weighted by Crippen LogP contribution is -2.55. The first-order chi connectivity index (χ1) is 11.0. The molecule has 0 saturated heterocycles. The second-order valence-electron chi connectivity index (χ2n) is 6.44. The average molecular weight is 314 g/mol. The topological polar surface area (TPSA) is 61.8 Å². The van der Waals surface area contributed by atoms with Crippen molar-refractivity contribution in [2.45, 2.75) is 19.8 Å². The molecule has 0 unspecified atom stereocenters. The minimum Gasteiger partial charge on any atom is -0.493 e. The SMILES string of the molecule is COC1=C(C)C(=O)[C@@H]2[C@H](C1=O)[C@H](C)[C@H]2c1ccc2c(c1)OCO2. The number of carbonyl (C=O) groups is 2. The maximum Gasteiger partial charge on any atom is 0.231 e. The van der Waals surface area contributed by atoms with Crippen molar-refractivity contribution in [2.24, 2.45) is 17.8 Å². The van der Waals surface area contributed by atoms with Gasteiger partial charge in [-0.1, -0.05) is 13.0 Å². The standard InChI is InChI=1S/C18H18O5/c1-8-13(10-4-5-11-12(6-10)23-7-22-11)15-14(8)17(20)18(21-3)9(2)16(15)19/h4-6,8,13-15H,7H2,1-3H3/t8-,13+,14-,15+/m1/s1. The van der Waals surface area contributed by atoms with Gasteiger partial charge < -0.3 is 14.2 Å². The summed E-state index contributed by atoms with van der Waals surface area (Å²) in [7, 11) is 1.45. The van der Waals surface area contributed by atoms with E-state index >= 15 is 0 Å². The van der Waals surface area contributed by atoms with Crippen molar-refractivity contribution in [3.63, 3.8) is 0 Å². The number of Topliss-reactive ketones (excluding diaryl/α,β-unsaturated/α-hetero) is 2. The molecule has 2 aliphatic carbocycles. The van der Waals surface area contributed by atoms with Crippen LogP contribution < -0.4 is 9.47 Å². The molecular weight excluding hydrogens is 296 g/mol. The fourth-order valence-corrected chi connectivity index (χ4v) is 4.27. The van der Waals surface area contributed by atoms with Crippen LogP contribution in [0.5, 0.6) is 11.5 Å². The molecule has 4 rings (SSSR count). The third-order valence-electron chi connectivity index (χ3n) is 5.43. The van der Waals surface area contributed by atoms with E-state index in [1.165, 1.54) is 7.11 Å². The van der Waals surface area contributed by atoms with Crippen LogP contribution in [0.2, 0.25) is 0 Å². The number of carbonyl (C=O) groups excluding carboxylic acids is 2. The first kappa shape index (κ1) is 14.3. The Hall–Kier alpha value is -2.30. The molecule has 1 aromatic carbocycles. The Morgan fingerprint density at radius 2 is 1.78 bits per heavy atom. The van der Waals surface area contributed by atoms with Crippen LogP contribution in [0.25, 0.3) is 0 Å². The van der Waals surface area contributed by atoms with Crippen molar-refractivity contribution in [1.82, 2.24) is 0 Å². The van der Waals surface area contributed by atoms with E-state index in [4.69, 9.17) is 14.2 Å². The molecule has 1 fully saturated rings. The number of fused-ring (bicyclic) bond motifs is 2. The summed E-state index contributed by atoms with van der Waals surface area (Å²) in [5.74, 6) is 1.18. The number of ether oxygens (including phenoxy) is 3. The Balaban J connectivity index is 1.72. The van der Waals surface area contributed by atoms with Crippen molar-refractivity contribution in [1.29, 1.82) is 0 Å². The third kappa shape index (κ3) is 1.79. The molecule has 1 heterocycles. The van der Waals surface area contributed by atoms with Crippen LogP contribution >= 0.6 is 0 Å². The monoisotopic (exact) mass is 314 g/mol. The molecule has 4 atom stereocenters. The summed E-state index contributed by atoms with van der Waals surface area (Å²) in [5, 5.41) is 0. The highest BCUT2D eigenvalue weighted by molar-refractivity contribution is 6.14. The van der Waals surface area contributed by atoms with Crippen LogP contribution in [0, 0.1) is 17.8 Å². The molecule has 5 heteroatoms. The highest BCUT2D eigenvalue weighted by Gasteiger charge is 2.59. The second kappa shape index (κ2) is 4.85. The Kier molecular flexibility index (Phi) is 3.01. The quantitative estimate of drug-likeness (QED) is 0.839. The molecule has 23 heavy (non-hydrogen) atoms. The van der Waals surface area contributed by atoms with Gasteiger partial charge in [-0.15, -0.1) is 0 Å². The zero-order valence-electron chi connectivity index (χ0n) is 13.3. The van der Waals surface area contributed by atoms with Gasteiger partial charge in [-0.05, 0) is 36.5 Å². The lowest BCUT2D eigenvalue weighted by atomic mass is 9.50. The number of methoxy groups -OCH3 is 1. The zero-order chi connectivity index (χ0) is 16.3. The molecule has 0 amide bonds. The van der Waals surface area contributed by atoms with E-state index in [0.717, 1.165) is 11.3 Å². The molecule has 5 nitrogen and oxygen atoms in total. The third-order valence-corrected chi connectivity index (χ3v) is 5.43. The van der Waals surface area contributed by atoms with E-state index < -0.39 is 0 Å². The predicted molar refractivity (Wildman–Crippen MR) is 81.2 cm³/mol. The normalized spacial score (nSPS) is 31.8. The maximum atomic E-state index is 12.7. The van der Waals surface area contributed by atoms with Gasteiger partial charge in [-0.3, -0.25) is 9.59 Å². The minimum absolute atomic E-state index is 0.0206. The van der Waals surface area contributed by atoms with Gasteiger partial charge in [0.1, 0.15) is 0 Å².